The van der Waals surface area contributed by atoms with Gasteiger partial charge in [0.1, 0.15) is 6.04 Å². The molecule has 0 aliphatic heterocycles. The van der Waals surface area contributed by atoms with Gasteiger partial charge in [0, 0.05) is 6.04 Å². The first-order valence-electron chi connectivity index (χ1n) is 7.50. The van der Waals surface area contributed by atoms with E-state index in [1.807, 2.05) is 0 Å². The Morgan fingerprint density at radius 3 is 2.35 bits per heavy atom. The van der Waals surface area contributed by atoms with Crippen LogP contribution in [0.1, 0.15) is 59.8 Å². The predicted molar refractivity (Wildman–Crippen MR) is 78.6 cm³/mol. The summed E-state index contributed by atoms with van der Waals surface area (Å²) in [7, 11) is 0. The third-order valence-electron chi connectivity index (χ3n) is 3.98. The van der Waals surface area contributed by atoms with E-state index in [0.717, 1.165) is 25.7 Å². The topological polar surface area (TPSA) is 78.4 Å². The largest absolute Gasteiger partial charge is 0.480 e. The summed E-state index contributed by atoms with van der Waals surface area (Å²) in [5.41, 5.74) is -0.513. The molecular weight excluding hydrogens is 256 g/mol. The molecule has 0 saturated heterocycles. The van der Waals surface area contributed by atoms with Gasteiger partial charge < -0.3 is 15.7 Å². The first-order chi connectivity index (χ1) is 9.20. The number of nitrogens with one attached hydrogen (secondary N) is 2. The van der Waals surface area contributed by atoms with Crippen LogP contribution in [0, 0.1) is 11.3 Å². The third kappa shape index (κ3) is 5.39. The Balaban J connectivity index is 2.51. The second kappa shape index (κ2) is 6.95. The number of amides is 2. The molecule has 1 saturated carbocycles. The molecule has 20 heavy (non-hydrogen) atoms. The minimum atomic E-state index is -0.998. The van der Waals surface area contributed by atoms with E-state index in [1.54, 1.807) is 20.8 Å². The van der Waals surface area contributed by atoms with Crippen LogP contribution in [0.2, 0.25) is 0 Å². The molecule has 1 rings (SSSR count). The SMILES string of the molecule is CC1CCCC(NC(=O)N[C@@H](C(=O)O)C(C)(C)C)CC1. The fourth-order valence-electron chi connectivity index (χ4n) is 2.64. The summed E-state index contributed by atoms with van der Waals surface area (Å²) in [5, 5.41) is 14.7. The van der Waals surface area contributed by atoms with Crippen LogP contribution in [0.5, 0.6) is 0 Å². The molecule has 116 valence electrons. The van der Waals surface area contributed by atoms with Gasteiger partial charge in [-0.3, -0.25) is 0 Å². The van der Waals surface area contributed by atoms with E-state index in [9.17, 15) is 14.7 Å². The van der Waals surface area contributed by atoms with Crippen molar-refractivity contribution < 1.29 is 14.7 Å². The van der Waals surface area contributed by atoms with E-state index in [1.165, 1.54) is 6.42 Å². The standard InChI is InChI=1S/C15H28N2O3/c1-10-6-5-7-11(9-8-10)16-14(20)17-12(13(18)19)15(2,3)4/h10-12H,5-9H2,1-4H3,(H,18,19)(H2,16,17,20)/t10?,11?,12-/m0/s1. The monoisotopic (exact) mass is 284 g/mol. The summed E-state index contributed by atoms with van der Waals surface area (Å²) in [6.45, 7) is 7.65. The van der Waals surface area contributed by atoms with Crippen LogP contribution in [-0.2, 0) is 4.79 Å². The van der Waals surface area contributed by atoms with Gasteiger partial charge in [0.15, 0.2) is 0 Å². The molecular formula is C15H28N2O3. The summed E-state index contributed by atoms with van der Waals surface area (Å²) in [5.74, 6) is -0.284. The number of carbonyl (C=O) groups is 2. The lowest BCUT2D eigenvalue weighted by Crippen LogP contribution is -2.53. The van der Waals surface area contributed by atoms with Gasteiger partial charge in [0.2, 0.25) is 0 Å². The van der Waals surface area contributed by atoms with Crippen LogP contribution in [0.3, 0.4) is 0 Å². The second-order valence-electron chi connectivity index (χ2n) is 7.07. The van der Waals surface area contributed by atoms with Crippen molar-refractivity contribution in [3.8, 4) is 0 Å². The normalized spacial score (nSPS) is 25.4. The molecule has 0 radical (unpaired) electrons. The molecule has 0 heterocycles. The number of urea groups is 1. The Hall–Kier alpha value is -1.26. The molecule has 0 aromatic rings. The van der Waals surface area contributed by atoms with Gasteiger partial charge in [0.05, 0.1) is 0 Å². The lowest BCUT2D eigenvalue weighted by atomic mass is 9.87. The molecule has 1 aliphatic rings. The summed E-state index contributed by atoms with van der Waals surface area (Å²) >= 11 is 0. The zero-order chi connectivity index (χ0) is 15.3. The van der Waals surface area contributed by atoms with Gasteiger partial charge in [-0.1, -0.05) is 40.5 Å². The molecule has 2 unspecified atom stereocenters. The minimum absolute atomic E-state index is 0.161. The number of rotatable bonds is 3. The number of hydrogen-bond donors (Lipinski definition) is 3. The van der Waals surface area contributed by atoms with Crippen molar-refractivity contribution in [1.82, 2.24) is 10.6 Å². The van der Waals surface area contributed by atoms with Gasteiger partial charge in [-0.2, -0.15) is 0 Å². The van der Waals surface area contributed by atoms with Gasteiger partial charge in [-0.05, 0) is 30.6 Å². The van der Waals surface area contributed by atoms with E-state index in [2.05, 4.69) is 17.6 Å². The minimum Gasteiger partial charge on any atom is -0.480 e. The highest BCUT2D eigenvalue weighted by Crippen LogP contribution is 2.23. The van der Waals surface area contributed by atoms with E-state index < -0.39 is 17.4 Å². The van der Waals surface area contributed by atoms with E-state index in [-0.39, 0.29) is 12.1 Å². The molecule has 0 bridgehead atoms. The molecule has 0 aromatic heterocycles. The van der Waals surface area contributed by atoms with E-state index >= 15 is 0 Å². The molecule has 5 nitrogen and oxygen atoms in total. The van der Waals surface area contributed by atoms with Gasteiger partial charge in [0.25, 0.3) is 0 Å². The first-order valence-corrected chi connectivity index (χ1v) is 7.50. The number of carboxylic acid groups (broad SMARTS) is 1. The highest BCUT2D eigenvalue weighted by molar-refractivity contribution is 5.83. The lowest BCUT2D eigenvalue weighted by Gasteiger charge is -2.28. The highest BCUT2D eigenvalue weighted by atomic mass is 16.4. The van der Waals surface area contributed by atoms with Crippen LogP contribution in [0.15, 0.2) is 0 Å². The molecule has 2 amide bonds. The van der Waals surface area contributed by atoms with E-state index in [0.29, 0.717) is 5.92 Å². The zero-order valence-electron chi connectivity index (χ0n) is 13.0. The van der Waals surface area contributed by atoms with Gasteiger partial charge in [-0.25, -0.2) is 9.59 Å². The summed E-state index contributed by atoms with van der Waals surface area (Å²) in [4.78, 5) is 23.2. The molecule has 1 aliphatic carbocycles. The van der Waals surface area contributed by atoms with Gasteiger partial charge in [-0.15, -0.1) is 0 Å². The zero-order valence-corrected chi connectivity index (χ0v) is 13.0. The van der Waals surface area contributed by atoms with Crippen LogP contribution in [0.4, 0.5) is 4.79 Å². The Kier molecular flexibility index (Phi) is 5.84. The number of aliphatic carboxylic acids is 1. The maximum absolute atomic E-state index is 12.0. The van der Waals surface area contributed by atoms with Crippen molar-refractivity contribution in [2.24, 2.45) is 11.3 Å². The molecule has 5 heteroatoms. The second-order valence-corrected chi connectivity index (χ2v) is 7.07. The Morgan fingerprint density at radius 2 is 1.80 bits per heavy atom. The van der Waals surface area contributed by atoms with Crippen LogP contribution in [0.25, 0.3) is 0 Å². The highest BCUT2D eigenvalue weighted by Gasteiger charge is 2.33. The van der Waals surface area contributed by atoms with Crippen molar-refractivity contribution in [2.45, 2.75) is 71.9 Å². The molecule has 3 atom stereocenters. The smallest absolute Gasteiger partial charge is 0.326 e. The predicted octanol–water partition coefficient (Wildman–Crippen LogP) is 2.75. The van der Waals surface area contributed by atoms with Crippen LogP contribution < -0.4 is 10.6 Å². The third-order valence-corrected chi connectivity index (χ3v) is 3.98. The Morgan fingerprint density at radius 1 is 1.15 bits per heavy atom. The fraction of sp³-hybridized carbons (Fsp3) is 0.867. The molecule has 0 spiro atoms. The lowest BCUT2D eigenvalue weighted by molar-refractivity contribution is -0.141. The average Bonchev–Trinajstić information content (AvgIpc) is 2.49. The van der Waals surface area contributed by atoms with Crippen molar-refractivity contribution >= 4 is 12.0 Å². The van der Waals surface area contributed by atoms with Crippen LogP contribution >= 0.6 is 0 Å². The quantitative estimate of drug-likeness (QED) is 0.697. The number of carboxylic acids is 1. The maximum atomic E-state index is 12.0. The first kappa shape index (κ1) is 16.8. The number of hydrogen-bond acceptors (Lipinski definition) is 2. The molecule has 0 aromatic carbocycles. The molecule has 1 fully saturated rings. The average molecular weight is 284 g/mol. The summed E-state index contributed by atoms with van der Waals surface area (Å²) in [6, 6.07) is -1.09. The van der Waals surface area contributed by atoms with Crippen LogP contribution in [-0.4, -0.2) is 29.2 Å². The number of carbonyl (C=O) groups excluding carboxylic acids is 1. The van der Waals surface area contributed by atoms with Crippen molar-refractivity contribution in [2.75, 3.05) is 0 Å². The fourth-order valence-corrected chi connectivity index (χ4v) is 2.64. The van der Waals surface area contributed by atoms with Crippen molar-refractivity contribution in [1.29, 1.82) is 0 Å². The van der Waals surface area contributed by atoms with Crippen molar-refractivity contribution in [3.63, 3.8) is 0 Å². The van der Waals surface area contributed by atoms with Crippen molar-refractivity contribution in [3.05, 3.63) is 0 Å². The maximum Gasteiger partial charge on any atom is 0.326 e. The molecule has 3 N–H and O–H groups in total. The Bertz CT molecular complexity index is 350. The van der Waals surface area contributed by atoms with Gasteiger partial charge >= 0.3 is 12.0 Å². The Labute approximate surface area is 121 Å². The summed E-state index contributed by atoms with van der Waals surface area (Å²) in [6.07, 6.45) is 5.40. The van der Waals surface area contributed by atoms with E-state index in [4.69, 9.17) is 0 Å². The summed E-state index contributed by atoms with van der Waals surface area (Å²) < 4.78 is 0.